The van der Waals surface area contributed by atoms with Gasteiger partial charge in [0.05, 0.1) is 6.04 Å². The second-order valence-electron chi connectivity index (χ2n) is 6.47. The van der Waals surface area contributed by atoms with Gasteiger partial charge in [-0.15, -0.1) is 0 Å². The predicted octanol–water partition coefficient (Wildman–Crippen LogP) is 2.31. The first-order valence-corrected chi connectivity index (χ1v) is 8.69. The zero-order chi connectivity index (χ0) is 16.2. The van der Waals surface area contributed by atoms with E-state index in [0.29, 0.717) is 11.6 Å². The van der Waals surface area contributed by atoms with Crippen LogP contribution in [0.5, 0.6) is 0 Å². The van der Waals surface area contributed by atoms with E-state index in [1.54, 1.807) is 6.07 Å². The fourth-order valence-corrected chi connectivity index (χ4v) is 3.64. The number of carbonyl (C=O) groups excluding carboxylic acids is 1. The number of halogens is 2. The lowest BCUT2D eigenvalue weighted by molar-refractivity contribution is -0.123. The van der Waals surface area contributed by atoms with E-state index >= 15 is 0 Å². The van der Waals surface area contributed by atoms with Gasteiger partial charge < -0.3 is 10.6 Å². The largest absolute Gasteiger partial charge is 0.351 e. The van der Waals surface area contributed by atoms with Crippen molar-refractivity contribution in [1.29, 1.82) is 0 Å². The van der Waals surface area contributed by atoms with E-state index < -0.39 is 0 Å². The molecule has 0 saturated carbocycles. The van der Waals surface area contributed by atoms with Gasteiger partial charge in [-0.2, -0.15) is 0 Å². The highest BCUT2D eigenvalue weighted by atomic mass is 35.5. The van der Waals surface area contributed by atoms with Crippen LogP contribution in [-0.4, -0.2) is 42.5 Å². The van der Waals surface area contributed by atoms with Crippen LogP contribution >= 0.6 is 11.6 Å². The van der Waals surface area contributed by atoms with Crippen LogP contribution in [0.3, 0.4) is 0 Å². The first-order valence-electron chi connectivity index (χ1n) is 8.32. The van der Waals surface area contributed by atoms with Crippen molar-refractivity contribution in [2.75, 3.05) is 19.6 Å². The zero-order valence-electron chi connectivity index (χ0n) is 13.2. The van der Waals surface area contributed by atoms with E-state index in [0.717, 1.165) is 50.9 Å². The molecule has 126 valence electrons. The number of hydrogen-bond acceptors (Lipinski definition) is 3. The van der Waals surface area contributed by atoms with Gasteiger partial charge in [0.2, 0.25) is 5.91 Å². The summed E-state index contributed by atoms with van der Waals surface area (Å²) < 4.78 is 13.1. The normalized spacial score (nSPS) is 25.5. The topological polar surface area (TPSA) is 44.4 Å². The molecule has 6 heteroatoms. The molecule has 0 bridgehead atoms. The summed E-state index contributed by atoms with van der Waals surface area (Å²) in [6.07, 6.45) is 4.04. The lowest BCUT2D eigenvalue weighted by Gasteiger charge is -2.33. The maximum atomic E-state index is 13.1. The Kier molecular flexibility index (Phi) is 5.51. The van der Waals surface area contributed by atoms with Crippen LogP contribution in [0.1, 0.15) is 31.2 Å². The van der Waals surface area contributed by atoms with E-state index in [9.17, 15) is 9.18 Å². The van der Waals surface area contributed by atoms with Crippen molar-refractivity contribution < 1.29 is 9.18 Å². The van der Waals surface area contributed by atoms with E-state index in [1.165, 1.54) is 12.1 Å². The number of benzene rings is 1. The Morgan fingerprint density at radius 3 is 3.00 bits per heavy atom. The third kappa shape index (κ3) is 4.43. The maximum Gasteiger partial charge on any atom is 0.237 e. The summed E-state index contributed by atoms with van der Waals surface area (Å²) >= 11 is 6.11. The molecule has 0 aliphatic carbocycles. The van der Waals surface area contributed by atoms with Crippen LogP contribution in [0, 0.1) is 5.82 Å². The number of carbonyl (C=O) groups is 1. The van der Waals surface area contributed by atoms with Gasteiger partial charge in [0, 0.05) is 24.2 Å². The Balaban J connectivity index is 1.54. The van der Waals surface area contributed by atoms with Gasteiger partial charge >= 0.3 is 0 Å². The SMILES string of the molecule is O=C(NC1CCCN(Cc2ccc(F)cc2Cl)C1)C1CCCN1. The monoisotopic (exact) mass is 339 g/mol. The third-order valence-electron chi connectivity index (χ3n) is 4.64. The molecular formula is C17H23ClFN3O. The molecule has 2 saturated heterocycles. The molecule has 0 radical (unpaired) electrons. The summed E-state index contributed by atoms with van der Waals surface area (Å²) in [5.74, 6) is -0.194. The second kappa shape index (κ2) is 7.60. The van der Waals surface area contributed by atoms with Crippen molar-refractivity contribution >= 4 is 17.5 Å². The minimum Gasteiger partial charge on any atom is -0.351 e. The van der Waals surface area contributed by atoms with Crippen LogP contribution < -0.4 is 10.6 Å². The van der Waals surface area contributed by atoms with Gasteiger partial charge in [-0.1, -0.05) is 17.7 Å². The van der Waals surface area contributed by atoms with Gasteiger partial charge in [0.25, 0.3) is 0 Å². The minimum absolute atomic E-state index is 0.0306. The number of nitrogens with one attached hydrogen (secondary N) is 2. The van der Waals surface area contributed by atoms with Crippen LogP contribution in [0.25, 0.3) is 0 Å². The van der Waals surface area contributed by atoms with Crippen molar-refractivity contribution in [3.8, 4) is 0 Å². The Morgan fingerprint density at radius 1 is 1.39 bits per heavy atom. The molecule has 1 aromatic carbocycles. The van der Waals surface area contributed by atoms with Gasteiger partial charge in [0.15, 0.2) is 0 Å². The predicted molar refractivity (Wildman–Crippen MR) is 88.9 cm³/mol. The molecule has 3 rings (SSSR count). The number of nitrogens with zero attached hydrogens (tertiary/aromatic N) is 1. The molecule has 2 atom stereocenters. The Hall–Kier alpha value is -1.17. The molecule has 23 heavy (non-hydrogen) atoms. The summed E-state index contributed by atoms with van der Waals surface area (Å²) in [7, 11) is 0. The maximum absolute atomic E-state index is 13.1. The summed E-state index contributed by atoms with van der Waals surface area (Å²) in [6.45, 7) is 3.40. The molecule has 4 nitrogen and oxygen atoms in total. The summed E-state index contributed by atoms with van der Waals surface area (Å²) in [5.41, 5.74) is 0.928. The number of piperidine rings is 1. The summed E-state index contributed by atoms with van der Waals surface area (Å²) in [6, 6.07) is 4.68. The molecule has 2 aliphatic rings. The van der Waals surface area contributed by atoms with Crippen molar-refractivity contribution in [2.45, 2.75) is 44.3 Å². The lowest BCUT2D eigenvalue weighted by Crippen LogP contribution is -2.51. The lowest BCUT2D eigenvalue weighted by atomic mass is 10.0. The minimum atomic E-state index is -0.313. The van der Waals surface area contributed by atoms with E-state index in [2.05, 4.69) is 15.5 Å². The summed E-state index contributed by atoms with van der Waals surface area (Å²) in [4.78, 5) is 14.5. The molecule has 2 fully saturated rings. The molecule has 0 spiro atoms. The summed E-state index contributed by atoms with van der Waals surface area (Å²) in [5, 5.41) is 6.86. The van der Waals surface area contributed by atoms with Crippen LogP contribution in [0.4, 0.5) is 4.39 Å². The number of likely N-dealkylation sites (tertiary alicyclic amines) is 1. The van der Waals surface area contributed by atoms with Gasteiger partial charge in [-0.05, 0) is 56.5 Å². The first-order chi connectivity index (χ1) is 11.1. The molecule has 2 N–H and O–H groups in total. The van der Waals surface area contributed by atoms with Crippen LogP contribution in [-0.2, 0) is 11.3 Å². The third-order valence-corrected chi connectivity index (χ3v) is 4.99. The second-order valence-corrected chi connectivity index (χ2v) is 6.87. The Bertz CT molecular complexity index is 563. The Morgan fingerprint density at radius 2 is 2.26 bits per heavy atom. The number of amides is 1. The molecule has 2 unspecified atom stereocenters. The molecule has 1 amide bonds. The highest BCUT2D eigenvalue weighted by Crippen LogP contribution is 2.21. The average Bonchev–Trinajstić information content (AvgIpc) is 3.05. The fourth-order valence-electron chi connectivity index (χ4n) is 3.42. The number of rotatable bonds is 4. The standard InChI is InChI=1S/C17H23ClFN3O/c18-15-9-13(19)6-5-12(15)10-22-8-2-3-14(11-22)21-17(23)16-4-1-7-20-16/h5-6,9,14,16,20H,1-4,7-8,10-11H2,(H,21,23). The van der Waals surface area contributed by atoms with Gasteiger partial charge in [-0.3, -0.25) is 9.69 Å². The fraction of sp³-hybridized carbons (Fsp3) is 0.588. The smallest absolute Gasteiger partial charge is 0.237 e. The number of hydrogen-bond donors (Lipinski definition) is 2. The molecule has 1 aromatic rings. The van der Waals surface area contributed by atoms with Crippen LogP contribution in [0.2, 0.25) is 5.02 Å². The van der Waals surface area contributed by atoms with Crippen molar-refractivity contribution in [1.82, 2.24) is 15.5 Å². The molecular weight excluding hydrogens is 317 g/mol. The first kappa shape index (κ1) is 16.7. The van der Waals surface area contributed by atoms with E-state index in [4.69, 9.17) is 11.6 Å². The van der Waals surface area contributed by atoms with E-state index in [-0.39, 0.29) is 23.8 Å². The molecule has 0 aromatic heterocycles. The highest BCUT2D eigenvalue weighted by molar-refractivity contribution is 6.31. The van der Waals surface area contributed by atoms with Crippen molar-refractivity contribution in [3.63, 3.8) is 0 Å². The Labute approximate surface area is 141 Å². The van der Waals surface area contributed by atoms with E-state index in [1.807, 2.05) is 0 Å². The highest BCUT2D eigenvalue weighted by Gasteiger charge is 2.27. The van der Waals surface area contributed by atoms with Gasteiger partial charge in [0.1, 0.15) is 5.82 Å². The molecule has 2 heterocycles. The quantitative estimate of drug-likeness (QED) is 0.884. The zero-order valence-corrected chi connectivity index (χ0v) is 13.9. The van der Waals surface area contributed by atoms with Crippen molar-refractivity contribution in [3.05, 3.63) is 34.6 Å². The van der Waals surface area contributed by atoms with Crippen molar-refractivity contribution in [2.24, 2.45) is 0 Å². The average molecular weight is 340 g/mol. The molecule has 2 aliphatic heterocycles. The van der Waals surface area contributed by atoms with Gasteiger partial charge in [-0.25, -0.2) is 4.39 Å². The van der Waals surface area contributed by atoms with Crippen LogP contribution in [0.15, 0.2) is 18.2 Å².